The van der Waals surface area contributed by atoms with Crippen molar-refractivity contribution in [1.29, 1.82) is 10.7 Å². The van der Waals surface area contributed by atoms with Crippen LogP contribution in [0.1, 0.15) is 38.5 Å². The Hall–Kier alpha value is -1.22. The molecule has 1 aliphatic rings. The number of hydrogen-bond acceptors (Lipinski definition) is 4. The van der Waals surface area contributed by atoms with Crippen LogP contribution in [-0.2, 0) is 4.79 Å². The molecular weight excluding hydrogens is 236 g/mol. The van der Waals surface area contributed by atoms with E-state index in [1.807, 2.05) is 0 Å². The van der Waals surface area contributed by atoms with Crippen molar-refractivity contribution in [1.82, 2.24) is 5.32 Å². The predicted octanol–water partition coefficient (Wildman–Crippen LogP) is 1.35. The minimum atomic E-state index is -0.703. The minimum absolute atomic E-state index is 0.0768. The molecular formula is C11H18N4OS. The molecule has 6 heteroatoms. The van der Waals surface area contributed by atoms with Gasteiger partial charge in [-0.1, -0.05) is 37.4 Å². The quantitative estimate of drug-likeness (QED) is 0.402. The topological polar surface area (TPSA) is 103 Å². The molecule has 0 aromatic heterocycles. The van der Waals surface area contributed by atoms with Crippen molar-refractivity contribution in [2.75, 3.05) is 5.75 Å². The molecule has 0 bridgehead atoms. The van der Waals surface area contributed by atoms with Crippen LogP contribution in [0.5, 0.6) is 0 Å². The van der Waals surface area contributed by atoms with Crippen molar-refractivity contribution in [3.05, 3.63) is 0 Å². The maximum atomic E-state index is 11.7. The second kappa shape index (κ2) is 6.50. The summed E-state index contributed by atoms with van der Waals surface area (Å²) >= 11 is 0.982. The molecule has 0 radical (unpaired) electrons. The Morgan fingerprint density at radius 2 is 2.00 bits per heavy atom. The summed E-state index contributed by atoms with van der Waals surface area (Å²) in [6.45, 7) is 0. The van der Waals surface area contributed by atoms with Crippen molar-refractivity contribution in [2.24, 2.45) is 5.73 Å². The Morgan fingerprint density at radius 1 is 1.41 bits per heavy atom. The van der Waals surface area contributed by atoms with Gasteiger partial charge in [-0.15, -0.1) is 0 Å². The van der Waals surface area contributed by atoms with Gasteiger partial charge in [0.05, 0.1) is 11.8 Å². The number of nitrogens with zero attached hydrogens (tertiary/aromatic N) is 1. The average Bonchev–Trinajstić information content (AvgIpc) is 2.53. The van der Waals surface area contributed by atoms with Gasteiger partial charge in [-0.3, -0.25) is 10.2 Å². The van der Waals surface area contributed by atoms with Gasteiger partial charge in [0, 0.05) is 0 Å². The zero-order valence-corrected chi connectivity index (χ0v) is 10.6. The molecule has 0 aromatic rings. The molecule has 0 aromatic carbocycles. The summed E-state index contributed by atoms with van der Waals surface area (Å²) in [5.74, 6) is -0.104. The number of amides is 1. The molecule has 1 rings (SSSR count). The van der Waals surface area contributed by atoms with Crippen molar-refractivity contribution in [3.63, 3.8) is 0 Å². The van der Waals surface area contributed by atoms with Gasteiger partial charge in [0.25, 0.3) is 0 Å². The molecule has 0 atom stereocenters. The third kappa shape index (κ3) is 4.65. The number of hydrogen-bond donors (Lipinski definition) is 3. The van der Waals surface area contributed by atoms with E-state index in [9.17, 15) is 10.1 Å². The summed E-state index contributed by atoms with van der Waals surface area (Å²) in [5, 5.41) is 19.0. The molecule has 0 unspecified atom stereocenters. The van der Waals surface area contributed by atoms with Crippen LogP contribution >= 0.6 is 11.8 Å². The van der Waals surface area contributed by atoms with E-state index in [1.54, 1.807) is 0 Å². The first-order chi connectivity index (χ1) is 8.08. The highest BCUT2D eigenvalue weighted by molar-refractivity contribution is 8.14. The monoisotopic (exact) mass is 254 g/mol. The van der Waals surface area contributed by atoms with E-state index in [0.717, 1.165) is 50.3 Å². The molecule has 94 valence electrons. The molecule has 4 N–H and O–H groups in total. The number of amidine groups is 1. The zero-order chi connectivity index (χ0) is 12.7. The van der Waals surface area contributed by atoms with Gasteiger partial charge in [-0.2, -0.15) is 5.26 Å². The molecule has 1 fully saturated rings. The molecule has 0 aliphatic heterocycles. The Morgan fingerprint density at radius 3 is 2.47 bits per heavy atom. The summed E-state index contributed by atoms with van der Waals surface area (Å²) in [6, 6.07) is 2.25. The van der Waals surface area contributed by atoms with Crippen LogP contribution in [0.15, 0.2) is 0 Å². The van der Waals surface area contributed by atoms with Crippen LogP contribution < -0.4 is 11.1 Å². The van der Waals surface area contributed by atoms with Crippen molar-refractivity contribution < 1.29 is 4.79 Å². The second-order valence-corrected chi connectivity index (χ2v) is 5.33. The maximum absolute atomic E-state index is 11.7. The van der Waals surface area contributed by atoms with E-state index in [2.05, 4.69) is 11.4 Å². The Balaban J connectivity index is 2.52. The zero-order valence-electron chi connectivity index (χ0n) is 9.79. The van der Waals surface area contributed by atoms with Crippen molar-refractivity contribution in [2.45, 2.75) is 44.1 Å². The van der Waals surface area contributed by atoms with E-state index < -0.39 is 5.54 Å². The fourth-order valence-electron chi connectivity index (χ4n) is 2.04. The highest BCUT2D eigenvalue weighted by Crippen LogP contribution is 2.26. The summed E-state index contributed by atoms with van der Waals surface area (Å²) in [4.78, 5) is 11.7. The molecule has 1 saturated carbocycles. The molecule has 1 aliphatic carbocycles. The highest BCUT2D eigenvalue weighted by atomic mass is 32.2. The summed E-state index contributed by atoms with van der Waals surface area (Å²) in [5.41, 5.74) is 4.46. The van der Waals surface area contributed by atoms with E-state index >= 15 is 0 Å². The van der Waals surface area contributed by atoms with Crippen LogP contribution in [0.3, 0.4) is 0 Å². The first-order valence-corrected chi connectivity index (χ1v) is 6.76. The maximum Gasteiger partial charge on any atom is 0.231 e. The number of nitriles is 1. The second-order valence-electron chi connectivity index (χ2n) is 4.31. The van der Waals surface area contributed by atoms with Crippen LogP contribution in [-0.4, -0.2) is 22.4 Å². The molecule has 0 spiro atoms. The van der Waals surface area contributed by atoms with Crippen molar-refractivity contribution >= 4 is 22.8 Å². The summed E-state index contributed by atoms with van der Waals surface area (Å²) < 4.78 is 0. The van der Waals surface area contributed by atoms with Gasteiger partial charge in [-0.25, -0.2) is 0 Å². The Kier molecular flexibility index (Phi) is 5.29. The smallest absolute Gasteiger partial charge is 0.231 e. The Labute approximate surface area is 106 Å². The lowest BCUT2D eigenvalue weighted by molar-refractivity contribution is -0.120. The summed E-state index contributed by atoms with van der Waals surface area (Å²) in [6.07, 6.45) is 5.66. The first-order valence-electron chi connectivity index (χ1n) is 5.77. The third-order valence-electron chi connectivity index (χ3n) is 2.91. The van der Waals surface area contributed by atoms with E-state index in [-0.39, 0.29) is 16.8 Å². The first kappa shape index (κ1) is 13.8. The third-order valence-corrected chi connectivity index (χ3v) is 3.63. The average molecular weight is 254 g/mol. The fraction of sp³-hybridized carbons (Fsp3) is 0.727. The number of nitrogens with two attached hydrogens (primary N) is 1. The largest absolute Gasteiger partial charge is 0.379 e. The predicted molar refractivity (Wildman–Crippen MR) is 68.6 cm³/mol. The standard InChI is InChI=1S/C11H18N4OS/c12-8-11(5-3-1-2-4-6-11)15-9(16)7-17-10(13)14/h1-7H2,(H3,13,14)(H,15,16). The van der Waals surface area contributed by atoms with Gasteiger partial charge in [0.2, 0.25) is 5.91 Å². The molecule has 0 saturated heterocycles. The number of carbonyl (C=O) groups excluding carboxylic acids is 1. The van der Waals surface area contributed by atoms with Crippen molar-refractivity contribution in [3.8, 4) is 6.07 Å². The van der Waals surface area contributed by atoms with Gasteiger partial charge < -0.3 is 11.1 Å². The number of thioether (sulfide) groups is 1. The van der Waals surface area contributed by atoms with Crippen LogP contribution in [0.2, 0.25) is 0 Å². The van der Waals surface area contributed by atoms with Gasteiger partial charge in [-0.05, 0) is 12.8 Å². The highest BCUT2D eigenvalue weighted by Gasteiger charge is 2.32. The van der Waals surface area contributed by atoms with Gasteiger partial charge in [0.1, 0.15) is 5.54 Å². The lowest BCUT2D eigenvalue weighted by Gasteiger charge is -2.26. The number of rotatable bonds is 3. The van der Waals surface area contributed by atoms with Crippen LogP contribution in [0.25, 0.3) is 0 Å². The van der Waals surface area contributed by atoms with E-state index in [4.69, 9.17) is 11.1 Å². The Bertz CT molecular complexity index is 329. The normalized spacial score (nSPS) is 18.8. The SMILES string of the molecule is N#CC1(NC(=O)CSC(=N)N)CCCCCC1. The van der Waals surface area contributed by atoms with Crippen LogP contribution in [0.4, 0.5) is 0 Å². The fourth-order valence-corrected chi connectivity index (χ4v) is 2.40. The van der Waals surface area contributed by atoms with Gasteiger partial charge in [0.15, 0.2) is 5.17 Å². The minimum Gasteiger partial charge on any atom is -0.379 e. The van der Waals surface area contributed by atoms with Gasteiger partial charge >= 0.3 is 0 Å². The molecule has 5 nitrogen and oxygen atoms in total. The summed E-state index contributed by atoms with van der Waals surface area (Å²) in [7, 11) is 0. The number of nitrogens with one attached hydrogen (secondary N) is 2. The molecule has 17 heavy (non-hydrogen) atoms. The molecule has 1 amide bonds. The lowest BCUT2D eigenvalue weighted by atomic mass is 9.92. The van der Waals surface area contributed by atoms with E-state index in [0.29, 0.717) is 0 Å². The lowest BCUT2D eigenvalue weighted by Crippen LogP contribution is -2.47. The van der Waals surface area contributed by atoms with Crippen LogP contribution in [0, 0.1) is 16.7 Å². The molecule has 0 heterocycles. The number of carbonyl (C=O) groups is 1. The van der Waals surface area contributed by atoms with E-state index in [1.165, 1.54) is 0 Å².